The van der Waals surface area contributed by atoms with Gasteiger partial charge in [-0.2, -0.15) is 0 Å². The summed E-state index contributed by atoms with van der Waals surface area (Å²) < 4.78 is 0. The summed E-state index contributed by atoms with van der Waals surface area (Å²) in [6.07, 6.45) is 3.61. The molecule has 0 bridgehead atoms. The molecule has 1 N–H and O–H groups in total. The van der Waals surface area contributed by atoms with Gasteiger partial charge in [0.15, 0.2) is 0 Å². The van der Waals surface area contributed by atoms with Gasteiger partial charge in [-0.3, -0.25) is 4.98 Å². The normalized spacial score (nSPS) is 9.53. The maximum absolute atomic E-state index is 6.08. The van der Waals surface area contributed by atoms with Crippen molar-refractivity contribution >= 4 is 29.7 Å². The fourth-order valence-electron chi connectivity index (χ4n) is 1.47. The summed E-state index contributed by atoms with van der Waals surface area (Å²) in [5.74, 6) is 0. The van der Waals surface area contributed by atoms with E-state index in [1.807, 2.05) is 43.5 Å². The predicted molar refractivity (Wildman–Crippen MR) is 75.0 cm³/mol. The van der Waals surface area contributed by atoms with E-state index >= 15 is 0 Å². The molecule has 0 aliphatic carbocycles. The number of benzene rings is 1. The fraction of sp³-hybridized carbons (Fsp3) is 0.154. The third-order valence-corrected chi connectivity index (χ3v) is 2.66. The van der Waals surface area contributed by atoms with E-state index in [1.165, 1.54) is 5.56 Å². The summed E-state index contributed by atoms with van der Waals surface area (Å²) in [6, 6.07) is 9.90. The Hall–Kier alpha value is -1.25. The Morgan fingerprint density at radius 3 is 2.82 bits per heavy atom. The van der Waals surface area contributed by atoms with Crippen molar-refractivity contribution in [1.82, 2.24) is 4.98 Å². The second-order valence-corrected chi connectivity index (χ2v) is 4.11. The van der Waals surface area contributed by atoms with E-state index in [4.69, 9.17) is 11.6 Å². The van der Waals surface area contributed by atoms with Crippen LogP contribution in [-0.2, 0) is 6.54 Å². The Kier molecular flexibility index (Phi) is 5.26. The molecule has 0 aliphatic rings. The first-order valence-electron chi connectivity index (χ1n) is 5.14. The Bertz CT molecular complexity index is 472. The van der Waals surface area contributed by atoms with E-state index in [2.05, 4.69) is 10.3 Å². The van der Waals surface area contributed by atoms with Crippen LogP contribution >= 0.6 is 24.0 Å². The molecule has 90 valence electrons. The van der Waals surface area contributed by atoms with Gasteiger partial charge in [0.2, 0.25) is 0 Å². The largest absolute Gasteiger partial charge is 0.380 e. The van der Waals surface area contributed by atoms with Crippen LogP contribution < -0.4 is 5.32 Å². The first kappa shape index (κ1) is 13.8. The van der Waals surface area contributed by atoms with Gasteiger partial charge in [0.1, 0.15) is 0 Å². The highest BCUT2D eigenvalue weighted by Crippen LogP contribution is 2.23. The van der Waals surface area contributed by atoms with E-state index in [0.717, 1.165) is 22.8 Å². The highest BCUT2D eigenvalue weighted by molar-refractivity contribution is 6.33. The van der Waals surface area contributed by atoms with E-state index < -0.39 is 0 Å². The lowest BCUT2D eigenvalue weighted by Gasteiger charge is -2.08. The summed E-state index contributed by atoms with van der Waals surface area (Å²) >= 11 is 6.08. The number of hydrogen-bond acceptors (Lipinski definition) is 2. The molecule has 0 unspecified atom stereocenters. The Labute approximate surface area is 112 Å². The summed E-state index contributed by atoms with van der Waals surface area (Å²) in [5, 5.41) is 4.04. The van der Waals surface area contributed by atoms with Crippen molar-refractivity contribution in [2.75, 3.05) is 5.32 Å². The van der Waals surface area contributed by atoms with E-state index in [9.17, 15) is 0 Å². The van der Waals surface area contributed by atoms with Crippen molar-refractivity contribution in [3.8, 4) is 0 Å². The average Bonchev–Trinajstić information content (AvgIpc) is 2.32. The number of nitrogens with one attached hydrogen (secondary N) is 1. The van der Waals surface area contributed by atoms with Crippen molar-refractivity contribution in [1.29, 1.82) is 0 Å². The highest BCUT2D eigenvalue weighted by Gasteiger charge is 1.99. The molecular weight excluding hydrogens is 255 g/mol. The van der Waals surface area contributed by atoms with Crippen molar-refractivity contribution in [2.45, 2.75) is 13.5 Å². The van der Waals surface area contributed by atoms with Crippen LogP contribution in [0.25, 0.3) is 0 Å². The van der Waals surface area contributed by atoms with Crippen LogP contribution in [0.5, 0.6) is 0 Å². The first-order valence-corrected chi connectivity index (χ1v) is 5.52. The standard InChI is InChI=1S/C13H13ClN2.ClH/c1-10-4-5-12(14)13(7-10)16-9-11-3-2-6-15-8-11;/h2-8,16H,9H2,1H3;1H. The van der Waals surface area contributed by atoms with E-state index in [1.54, 1.807) is 6.20 Å². The number of halogens is 2. The Morgan fingerprint density at radius 1 is 1.29 bits per heavy atom. The topological polar surface area (TPSA) is 24.9 Å². The van der Waals surface area contributed by atoms with Crippen LogP contribution in [0.3, 0.4) is 0 Å². The van der Waals surface area contributed by atoms with Crippen molar-refractivity contribution in [3.63, 3.8) is 0 Å². The van der Waals surface area contributed by atoms with Crippen LogP contribution in [0.15, 0.2) is 42.7 Å². The maximum atomic E-state index is 6.08. The highest BCUT2D eigenvalue weighted by atomic mass is 35.5. The lowest BCUT2D eigenvalue weighted by atomic mass is 10.2. The molecule has 2 nitrogen and oxygen atoms in total. The number of rotatable bonds is 3. The quantitative estimate of drug-likeness (QED) is 0.908. The number of aromatic nitrogens is 1. The second-order valence-electron chi connectivity index (χ2n) is 3.70. The summed E-state index contributed by atoms with van der Waals surface area (Å²) in [7, 11) is 0. The zero-order chi connectivity index (χ0) is 11.4. The smallest absolute Gasteiger partial charge is 0.0637 e. The predicted octanol–water partition coefficient (Wildman–Crippen LogP) is 4.08. The lowest BCUT2D eigenvalue weighted by molar-refractivity contribution is 1.11. The Balaban J connectivity index is 0.00000144. The molecule has 0 radical (unpaired) electrons. The lowest BCUT2D eigenvalue weighted by Crippen LogP contribution is -2.00. The van der Waals surface area contributed by atoms with Crippen LogP contribution in [0, 0.1) is 6.92 Å². The molecule has 0 aliphatic heterocycles. The van der Waals surface area contributed by atoms with Crippen molar-refractivity contribution in [2.24, 2.45) is 0 Å². The zero-order valence-corrected chi connectivity index (χ0v) is 11.1. The molecule has 0 saturated heterocycles. The van der Waals surface area contributed by atoms with Gasteiger partial charge in [0.05, 0.1) is 10.7 Å². The minimum atomic E-state index is 0. The van der Waals surface area contributed by atoms with Crippen LogP contribution in [0.4, 0.5) is 5.69 Å². The number of aryl methyl sites for hydroxylation is 1. The van der Waals surface area contributed by atoms with Crippen molar-refractivity contribution in [3.05, 3.63) is 58.9 Å². The van der Waals surface area contributed by atoms with E-state index in [0.29, 0.717) is 0 Å². The van der Waals surface area contributed by atoms with Gasteiger partial charge in [-0.15, -0.1) is 12.4 Å². The molecule has 1 heterocycles. The first-order chi connectivity index (χ1) is 7.75. The third kappa shape index (κ3) is 3.91. The van der Waals surface area contributed by atoms with Gasteiger partial charge in [0.25, 0.3) is 0 Å². The SMILES string of the molecule is Cc1ccc(Cl)c(NCc2cccnc2)c1.Cl. The molecule has 2 aromatic rings. The minimum absolute atomic E-state index is 0. The summed E-state index contributed by atoms with van der Waals surface area (Å²) in [6.45, 7) is 2.78. The molecule has 1 aromatic heterocycles. The Morgan fingerprint density at radius 2 is 2.12 bits per heavy atom. The zero-order valence-electron chi connectivity index (χ0n) is 9.48. The molecule has 0 saturated carbocycles. The molecule has 2 rings (SSSR count). The van der Waals surface area contributed by atoms with Gasteiger partial charge < -0.3 is 5.32 Å². The van der Waals surface area contributed by atoms with Crippen LogP contribution in [0.1, 0.15) is 11.1 Å². The van der Waals surface area contributed by atoms with Gasteiger partial charge >= 0.3 is 0 Å². The number of anilines is 1. The average molecular weight is 269 g/mol. The molecule has 0 fully saturated rings. The van der Waals surface area contributed by atoms with Crippen LogP contribution in [0.2, 0.25) is 5.02 Å². The molecule has 0 atom stereocenters. The molecule has 4 heteroatoms. The second kappa shape index (κ2) is 6.48. The van der Waals surface area contributed by atoms with Crippen molar-refractivity contribution < 1.29 is 0 Å². The number of hydrogen-bond donors (Lipinski definition) is 1. The van der Waals surface area contributed by atoms with Gasteiger partial charge in [-0.25, -0.2) is 0 Å². The van der Waals surface area contributed by atoms with Gasteiger partial charge in [-0.1, -0.05) is 23.7 Å². The maximum Gasteiger partial charge on any atom is 0.0637 e. The third-order valence-electron chi connectivity index (χ3n) is 2.33. The number of pyridine rings is 1. The summed E-state index contributed by atoms with van der Waals surface area (Å²) in [4.78, 5) is 4.06. The van der Waals surface area contributed by atoms with Crippen LogP contribution in [-0.4, -0.2) is 4.98 Å². The van der Waals surface area contributed by atoms with E-state index in [-0.39, 0.29) is 12.4 Å². The fourth-order valence-corrected chi connectivity index (χ4v) is 1.66. The molecule has 17 heavy (non-hydrogen) atoms. The van der Waals surface area contributed by atoms with Gasteiger partial charge in [-0.05, 0) is 36.2 Å². The minimum Gasteiger partial charge on any atom is -0.380 e. The number of nitrogens with zero attached hydrogens (tertiary/aromatic N) is 1. The summed E-state index contributed by atoms with van der Waals surface area (Å²) in [5.41, 5.74) is 3.30. The van der Waals surface area contributed by atoms with Gasteiger partial charge in [0, 0.05) is 18.9 Å². The molecule has 0 amide bonds. The molecule has 0 spiro atoms. The molecular formula is C13H14Cl2N2. The monoisotopic (exact) mass is 268 g/mol. The molecule has 1 aromatic carbocycles.